The molecular formula is C19H14F3NO7S. The summed E-state index contributed by atoms with van der Waals surface area (Å²) in [7, 11) is -6.30. The minimum absolute atomic E-state index is 0.0555. The molecule has 31 heavy (non-hydrogen) atoms. The van der Waals surface area contributed by atoms with Crippen molar-refractivity contribution in [2.45, 2.75) is 17.7 Å². The summed E-state index contributed by atoms with van der Waals surface area (Å²) in [5, 5.41) is 10.2. The number of benzene rings is 2. The van der Waals surface area contributed by atoms with E-state index in [1.165, 1.54) is 30.3 Å². The number of hydrogen-bond acceptors (Lipinski definition) is 7. The Morgan fingerprint density at radius 2 is 1.74 bits per heavy atom. The Kier molecular flexibility index (Phi) is 5.42. The first-order valence-electron chi connectivity index (χ1n) is 8.46. The Hall–Kier alpha value is -3.22. The van der Waals surface area contributed by atoms with E-state index in [0.717, 1.165) is 12.1 Å². The Balaban J connectivity index is 2.14. The van der Waals surface area contributed by atoms with Crippen LogP contribution in [0.2, 0.25) is 0 Å². The number of carbonyl (C=O) groups is 2. The molecule has 0 aromatic heterocycles. The van der Waals surface area contributed by atoms with Gasteiger partial charge in [-0.15, -0.1) is 15.9 Å². The zero-order valence-electron chi connectivity index (χ0n) is 15.5. The van der Waals surface area contributed by atoms with Gasteiger partial charge < -0.3 is 9.84 Å². The van der Waals surface area contributed by atoms with Crippen molar-refractivity contribution in [1.29, 1.82) is 0 Å². The monoisotopic (exact) mass is 457 g/mol. The molecule has 0 saturated heterocycles. The number of ether oxygens (including phenoxy) is 1. The molecule has 0 saturated carbocycles. The highest BCUT2D eigenvalue weighted by Gasteiger charge is 2.51. The van der Waals surface area contributed by atoms with Crippen LogP contribution in [-0.2, 0) is 14.4 Å². The average molecular weight is 457 g/mol. The van der Waals surface area contributed by atoms with Crippen molar-refractivity contribution in [3.8, 4) is 5.75 Å². The van der Waals surface area contributed by atoms with Crippen molar-refractivity contribution in [2.75, 3.05) is 0 Å². The fourth-order valence-corrected chi connectivity index (χ4v) is 3.32. The maximum Gasteiger partial charge on any atom is 0.525 e. The predicted molar refractivity (Wildman–Crippen MR) is 101 cm³/mol. The first-order valence-corrected chi connectivity index (χ1v) is 9.86. The molecular weight excluding hydrogens is 443 g/mol. The van der Waals surface area contributed by atoms with Gasteiger partial charge in [-0.3, -0.25) is 9.59 Å². The number of carbonyl (C=O) groups excluding carboxylic acids is 2. The van der Waals surface area contributed by atoms with Gasteiger partial charge >= 0.3 is 15.6 Å². The molecule has 0 fully saturated rings. The number of alkyl halides is 3. The van der Waals surface area contributed by atoms with Gasteiger partial charge in [-0.2, -0.15) is 21.6 Å². The number of hydrogen-bond donors (Lipinski definition) is 1. The zero-order valence-corrected chi connectivity index (χ0v) is 16.4. The lowest BCUT2D eigenvalue weighted by Gasteiger charge is -2.28. The van der Waals surface area contributed by atoms with Crippen LogP contribution in [0, 0.1) is 0 Å². The molecule has 1 heterocycles. The summed E-state index contributed by atoms with van der Waals surface area (Å²) >= 11 is 0. The lowest BCUT2D eigenvalue weighted by Crippen LogP contribution is -2.44. The summed E-state index contributed by atoms with van der Waals surface area (Å²) in [5.41, 5.74) is -6.50. The summed E-state index contributed by atoms with van der Waals surface area (Å²) in [6.07, 6.45) is 2.32. The van der Waals surface area contributed by atoms with E-state index in [0.29, 0.717) is 0 Å². The van der Waals surface area contributed by atoms with Crippen LogP contribution >= 0.6 is 0 Å². The largest absolute Gasteiger partial charge is 0.525 e. The van der Waals surface area contributed by atoms with Crippen LogP contribution in [0.15, 0.2) is 55.6 Å². The Bertz CT molecular complexity index is 1220. The minimum Gasteiger partial charge on any atom is -0.459 e. The molecule has 1 aliphatic rings. The second-order valence-corrected chi connectivity index (χ2v) is 7.92. The molecule has 0 spiro atoms. The van der Waals surface area contributed by atoms with Gasteiger partial charge in [-0.25, -0.2) is 0 Å². The molecule has 2 amide bonds. The second-order valence-electron chi connectivity index (χ2n) is 6.40. The summed E-state index contributed by atoms with van der Waals surface area (Å²) in [6, 6.07) is 6.45. The number of amides is 2. The quantitative estimate of drug-likeness (QED) is 0.295. The van der Waals surface area contributed by atoms with Crippen molar-refractivity contribution in [3.63, 3.8) is 0 Å². The minimum atomic E-state index is -6.30. The number of hydroxylamine groups is 2. The number of aliphatic hydroxyl groups is 1. The molecule has 3 rings (SSSR count). The van der Waals surface area contributed by atoms with Gasteiger partial charge in [0.25, 0.3) is 11.8 Å². The lowest BCUT2D eigenvalue weighted by molar-refractivity contribution is -0.0908. The van der Waals surface area contributed by atoms with Crippen LogP contribution in [-0.4, -0.2) is 41.7 Å². The number of halogens is 3. The van der Waals surface area contributed by atoms with E-state index in [1.54, 1.807) is 0 Å². The summed E-state index contributed by atoms with van der Waals surface area (Å²) < 4.78 is 70.1. The van der Waals surface area contributed by atoms with Crippen LogP contribution in [0.3, 0.4) is 0 Å². The van der Waals surface area contributed by atoms with Gasteiger partial charge in [0.15, 0.2) is 0 Å². The molecule has 12 heteroatoms. The molecule has 0 radical (unpaired) electrons. The molecule has 1 atom stereocenters. The first kappa shape index (κ1) is 22.5. The van der Waals surface area contributed by atoms with Crippen molar-refractivity contribution >= 4 is 32.7 Å². The van der Waals surface area contributed by atoms with E-state index in [9.17, 15) is 36.3 Å². The maximum absolute atomic E-state index is 12.7. The lowest BCUT2D eigenvalue weighted by atomic mass is 9.94. The van der Waals surface area contributed by atoms with Crippen LogP contribution in [0.1, 0.15) is 27.1 Å². The molecule has 0 bridgehead atoms. The van der Waals surface area contributed by atoms with E-state index in [2.05, 4.69) is 17.4 Å². The SMILES string of the molecule is C=CCC(O)(C=C)Oc1cc2c3c(cccc3c1)C(=O)N(OS(=O)(=O)C(F)(F)F)C2=O. The summed E-state index contributed by atoms with van der Waals surface area (Å²) in [6.45, 7) is 6.91. The van der Waals surface area contributed by atoms with Gasteiger partial charge in [0.05, 0.1) is 11.1 Å². The molecule has 1 unspecified atom stereocenters. The number of imide groups is 1. The zero-order chi connectivity index (χ0) is 23.2. The summed E-state index contributed by atoms with van der Waals surface area (Å²) in [5.74, 6) is -4.87. The topological polar surface area (TPSA) is 110 Å². The van der Waals surface area contributed by atoms with Gasteiger partial charge in [0, 0.05) is 11.8 Å². The van der Waals surface area contributed by atoms with Gasteiger partial charge in [-0.05, 0) is 29.7 Å². The van der Waals surface area contributed by atoms with E-state index < -0.39 is 38.3 Å². The van der Waals surface area contributed by atoms with E-state index >= 15 is 0 Å². The van der Waals surface area contributed by atoms with Crippen molar-refractivity contribution in [2.24, 2.45) is 0 Å². The third-order valence-electron chi connectivity index (χ3n) is 4.29. The normalized spacial score (nSPS) is 16.2. The first-order chi connectivity index (χ1) is 14.3. The molecule has 2 aromatic carbocycles. The van der Waals surface area contributed by atoms with Crippen molar-refractivity contribution < 1.29 is 45.3 Å². The Morgan fingerprint density at radius 1 is 1.10 bits per heavy atom. The highest BCUT2D eigenvalue weighted by molar-refractivity contribution is 7.87. The van der Waals surface area contributed by atoms with Crippen molar-refractivity contribution in [3.05, 3.63) is 66.8 Å². The average Bonchev–Trinajstić information content (AvgIpc) is 2.68. The van der Waals surface area contributed by atoms with Gasteiger partial charge in [0.1, 0.15) is 5.75 Å². The standard InChI is InChI=1S/C19H14F3NO7S/c1-3-8-18(26,4-2)29-12-9-11-6-5-7-13-15(11)14(10-12)17(25)23(16(13)24)30-31(27,28)19(20,21)22/h3-7,9-10,26H,1-2,8H2. The van der Waals surface area contributed by atoms with Crippen LogP contribution in [0.5, 0.6) is 5.75 Å². The third-order valence-corrected chi connectivity index (χ3v) is 5.20. The summed E-state index contributed by atoms with van der Waals surface area (Å²) in [4.78, 5) is 25.2. The fraction of sp³-hybridized carbons (Fsp3) is 0.158. The van der Waals surface area contributed by atoms with Crippen LogP contribution < -0.4 is 4.74 Å². The molecule has 1 N–H and O–H groups in total. The Morgan fingerprint density at radius 3 is 2.32 bits per heavy atom. The highest BCUT2D eigenvalue weighted by Crippen LogP contribution is 2.36. The molecule has 164 valence electrons. The third kappa shape index (κ3) is 3.92. The number of nitrogens with zero attached hydrogens (tertiary/aromatic N) is 1. The molecule has 2 aromatic rings. The van der Waals surface area contributed by atoms with Gasteiger partial charge in [0.2, 0.25) is 5.79 Å². The van der Waals surface area contributed by atoms with Gasteiger partial charge in [-0.1, -0.05) is 24.8 Å². The van der Waals surface area contributed by atoms with E-state index in [-0.39, 0.29) is 34.1 Å². The Labute approximate surface area is 173 Å². The predicted octanol–water partition coefficient (Wildman–Crippen LogP) is 3.05. The van der Waals surface area contributed by atoms with Crippen LogP contribution in [0.25, 0.3) is 10.8 Å². The van der Waals surface area contributed by atoms with E-state index in [1.807, 2.05) is 0 Å². The highest BCUT2D eigenvalue weighted by atomic mass is 32.2. The number of rotatable bonds is 7. The van der Waals surface area contributed by atoms with Crippen LogP contribution in [0.4, 0.5) is 13.2 Å². The molecule has 1 aliphatic heterocycles. The second kappa shape index (κ2) is 7.48. The molecule has 8 nitrogen and oxygen atoms in total. The smallest absolute Gasteiger partial charge is 0.459 e. The van der Waals surface area contributed by atoms with E-state index in [4.69, 9.17) is 4.74 Å². The fourth-order valence-electron chi connectivity index (χ4n) is 2.90. The maximum atomic E-state index is 12.7. The van der Waals surface area contributed by atoms with Crippen molar-refractivity contribution in [1.82, 2.24) is 5.06 Å². The molecule has 0 aliphatic carbocycles.